The lowest BCUT2D eigenvalue weighted by Crippen LogP contribution is -2.38. The molecule has 0 N–H and O–H groups in total. The zero-order valence-corrected chi connectivity index (χ0v) is 9.53. The molecule has 3 atom stereocenters. The third-order valence-corrected chi connectivity index (χ3v) is 3.57. The van der Waals surface area contributed by atoms with Gasteiger partial charge in [0.05, 0.1) is 12.0 Å². The van der Waals surface area contributed by atoms with Crippen LogP contribution >= 0.6 is 0 Å². The summed E-state index contributed by atoms with van der Waals surface area (Å²) in [5, 5.41) is 11.5. The van der Waals surface area contributed by atoms with Crippen LogP contribution in [-0.2, 0) is 4.84 Å². The van der Waals surface area contributed by atoms with E-state index in [9.17, 15) is 5.21 Å². The van der Waals surface area contributed by atoms with Crippen LogP contribution in [0.25, 0.3) is 0 Å². The minimum absolute atomic E-state index is 0.0727. The van der Waals surface area contributed by atoms with E-state index in [-0.39, 0.29) is 12.0 Å². The normalized spacial score (nSPS) is 31.3. The van der Waals surface area contributed by atoms with Gasteiger partial charge < -0.3 is 4.84 Å². The van der Waals surface area contributed by atoms with Crippen molar-refractivity contribution >= 4 is 6.21 Å². The first-order valence-corrected chi connectivity index (χ1v) is 6.04. The Balaban J connectivity index is 1.97. The summed E-state index contributed by atoms with van der Waals surface area (Å²) in [6, 6.07) is 10.2. The molecule has 0 radical (unpaired) electrons. The zero-order chi connectivity index (χ0) is 11.7. The van der Waals surface area contributed by atoms with Gasteiger partial charge in [0.15, 0.2) is 0 Å². The van der Waals surface area contributed by atoms with Crippen LogP contribution < -0.4 is 0 Å². The number of fused-ring (bicyclic) bond motifs is 1. The van der Waals surface area contributed by atoms with E-state index >= 15 is 0 Å². The fourth-order valence-corrected chi connectivity index (χ4v) is 2.73. The van der Waals surface area contributed by atoms with Crippen molar-refractivity contribution in [1.82, 2.24) is 0 Å². The molecule has 3 nitrogen and oxygen atoms in total. The van der Waals surface area contributed by atoms with E-state index in [0.717, 1.165) is 12.8 Å². The summed E-state index contributed by atoms with van der Waals surface area (Å²) in [7, 11) is 0. The van der Waals surface area contributed by atoms with E-state index < -0.39 is 0 Å². The van der Waals surface area contributed by atoms with Crippen molar-refractivity contribution < 1.29 is 9.74 Å². The molecule has 3 heteroatoms. The van der Waals surface area contributed by atoms with Gasteiger partial charge in [-0.05, 0) is 24.3 Å². The second-order valence-corrected chi connectivity index (χ2v) is 4.61. The summed E-state index contributed by atoms with van der Waals surface area (Å²) in [6.45, 7) is 0. The summed E-state index contributed by atoms with van der Waals surface area (Å²) in [6.07, 6.45) is 7.84. The topological polar surface area (TPSA) is 35.3 Å². The van der Waals surface area contributed by atoms with E-state index in [1.807, 2.05) is 24.3 Å². The first-order valence-electron chi connectivity index (χ1n) is 6.04. The predicted molar refractivity (Wildman–Crippen MR) is 65.6 cm³/mol. The molecule has 0 saturated carbocycles. The summed E-state index contributed by atoms with van der Waals surface area (Å²) in [4.78, 5) is 5.90. The van der Waals surface area contributed by atoms with Crippen LogP contribution in [0.4, 0.5) is 0 Å². The van der Waals surface area contributed by atoms with E-state index in [4.69, 9.17) is 4.84 Å². The first-order chi connectivity index (χ1) is 8.34. The minimum Gasteiger partial charge on any atom is -0.396 e. The molecule has 88 valence electrons. The molecule has 0 fully saturated rings. The van der Waals surface area contributed by atoms with Gasteiger partial charge in [-0.1, -0.05) is 42.5 Å². The summed E-state index contributed by atoms with van der Waals surface area (Å²) >= 11 is 0. The Morgan fingerprint density at radius 2 is 2.06 bits per heavy atom. The molecule has 2 aliphatic rings. The van der Waals surface area contributed by atoms with Crippen LogP contribution in [0.2, 0.25) is 0 Å². The highest BCUT2D eigenvalue weighted by molar-refractivity contribution is 5.64. The molecule has 0 bridgehead atoms. The van der Waals surface area contributed by atoms with Crippen LogP contribution in [0.15, 0.2) is 42.5 Å². The molecule has 1 aromatic carbocycles. The van der Waals surface area contributed by atoms with Crippen molar-refractivity contribution in [2.75, 3.05) is 0 Å². The first kappa shape index (κ1) is 10.4. The molecule has 0 aromatic heterocycles. The molecular formula is C14H15NO2. The average Bonchev–Trinajstić information content (AvgIpc) is 2.39. The summed E-state index contributed by atoms with van der Waals surface area (Å²) < 4.78 is 0. The lowest BCUT2D eigenvalue weighted by Gasteiger charge is -2.36. The Morgan fingerprint density at radius 3 is 2.88 bits per heavy atom. The van der Waals surface area contributed by atoms with Crippen molar-refractivity contribution in [2.24, 2.45) is 5.92 Å². The van der Waals surface area contributed by atoms with Crippen molar-refractivity contribution in [3.8, 4) is 0 Å². The van der Waals surface area contributed by atoms with Crippen LogP contribution in [-0.4, -0.2) is 17.2 Å². The highest BCUT2D eigenvalue weighted by atomic mass is 16.9. The second kappa shape index (κ2) is 4.24. The number of rotatable bonds is 1. The Hall–Kier alpha value is -1.77. The SMILES string of the molecule is [O-][N+]1=C[C@H](c2ccccc2)[C@@H]2CCC=C[C@@H]2O1. The second-order valence-electron chi connectivity index (χ2n) is 4.61. The van der Waals surface area contributed by atoms with Gasteiger partial charge in [0.25, 0.3) is 0 Å². The molecule has 0 unspecified atom stereocenters. The number of hydrogen-bond donors (Lipinski definition) is 0. The van der Waals surface area contributed by atoms with Crippen molar-refractivity contribution in [2.45, 2.75) is 24.9 Å². The molecule has 1 aliphatic heterocycles. The van der Waals surface area contributed by atoms with Crippen LogP contribution in [0.5, 0.6) is 0 Å². The van der Waals surface area contributed by atoms with Gasteiger partial charge in [-0.3, -0.25) is 5.21 Å². The van der Waals surface area contributed by atoms with Gasteiger partial charge in [0.2, 0.25) is 6.21 Å². The zero-order valence-electron chi connectivity index (χ0n) is 9.53. The van der Waals surface area contributed by atoms with Gasteiger partial charge in [-0.25, -0.2) is 0 Å². The molecule has 0 saturated heterocycles. The third-order valence-electron chi connectivity index (χ3n) is 3.57. The highest BCUT2D eigenvalue weighted by Crippen LogP contribution is 2.36. The maximum absolute atomic E-state index is 11.5. The van der Waals surface area contributed by atoms with Crippen LogP contribution in [0.1, 0.15) is 24.3 Å². The van der Waals surface area contributed by atoms with E-state index in [2.05, 4.69) is 18.2 Å². The van der Waals surface area contributed by atoms with E-state index in [1.165, 1.54) is 5.56 Å². The maximum Gasteiger partial charge on any atom is 0.217 e. The Bertz CT molecular complexity index is 453. The Kier molecular flexibility index (Phi) is 2.59. The molecule has 1 aromatic rings. The monoisotopic (exact) mass is 229 g/mol. The summed E-state index contributed by atoms with van der Waals surface area (Å²) in [5.74, 6) is 0.546. The molecule has 17 heavy (non-hydrogen) atoms. The van der Waals surface area contributed by atoms with Gasteiger partial charge in [0.1, 0.15) is 0 Å². The minimum atomic E-state index is -0.0727. The molecule has 0 spiro atoms. The molecule has 1 heterocycles. The van der Waals surface area contributed by atoms with Gasteiger partial charge in [0, 0.05) is 4.90 Å². The van der Waals surface area contributed by atoms with Crippen LogP contribution in [0.3, 0.4) is 0 Å². The molecule has 0 amide bonds. The van der Waals surface area contributed by atoms with E-state index in [0.29, 0.717) is 10.8 Å². The average molecular weight is 229 g/mol. The predicted octanol–water partition coefficient (Wildman–Crippen LogP) is 2.63. The lowest BCUT2D eigenvalue weighted by atomic mass is 9.77. The fourth-order valence-electron chi connectivity index (χ4n) is 2.73. The third kappa shape index (κ3) is 1.93. The Labute approximate surface area is 101 Å². The van der Waals surface area contributed by atoms with Crippen molar-refractivity contribution in [1.29, 1.82) is 0 Å². The number of nitrogens with zero attached hydrogens (tertiary/aromatic N) is 1. The smallest absolute Gasteiger partial charge is 0.217 e. The molecule has 1 aliphatic carbocycles. The number of benzene rings is 1. The quantitative estimate of drug-likeness (QED) is 0.548. The standard InChI is InChI=1S/C14H15NO2/c16-15-10-13(11-6-2-1-3-7-11)12-8-4-5-9-14(12)17-15/h1-3,5-7,9-10,12-14H,4,8H2/t12-,13+,14-/m0/s1. The molecular weight excluding hydrogens is 214 g/mol. The Morgan fingerprint density at radius 1 is 1.24 bits per heavy atom. The van der Waals surface area contributed by atoms with Gasteiger partial charge >= 0.3 is 0 Å². The highest BCUT2D eigenvalue weighted by Gasteiger charge is 2.36. The summed E-state index contributed by atoms with van der Waals surface area (Å²) in [5.41, 5.74) is 1.20. The largest absolute Gasteiger partial charge is 0.396 e. The fraction of sp³-hybridized carbons (Fsp3) is 0.357. The van der Waals surface area contributed by atoms with Gasteiger partial charge in [-0.2, -0.15) is 0 Å². The van der Waals surface area contributed by atoms with Crippen molar-refractivity contribution in [3.63, 3.8) is 0 Å². The van der Waals surface area contributed by atoms with Crippen LogP contribution in [0, 0.1) is 11.1 Å². The van der Waals surface area contributed by atoms with Gasteiger partial charge in [-0.15, -0.1) is 0 Å². The van der Waals surface area contributed by atoms with Crippen molar-refractivity contribution in [3.05, 3.63) is 53.3 Å². The lowest BCUT2D eigenvalue weighted by molar-refractivity contribution is -0.754. The number of hydrogen-bond acceptors (Lipinski definition) is 2. The van der Waals surface area contributed by atoms with E-state index in [1.54, 1.807) is 6.21 Å². The number of allylic oxidation sites excluding steroid dienone is 1. The molecule has 3 rings (SSSR count). The maximum atomic E-state index is 11.5.